The van der Waals surface area contributed by atoms with Gasteiger partial charge in [0, 0.05) is 58.6 Å². The average molecular weight is 1290 g/mol. The Morgan fingerprint density at radius 1 is 0.344 bits per heavy atom. The first-order valence-electron chi connectivity index (χ1n) is 21.8. The molecular weight excluding hydrogens is 1240 g/mol. The van der Waals surface area contributed by atoms with Crippen molar-refractivity contribution in [1.29, 1.82) is 0 Å². The molecule has 0 unspecified atom stereocenters. The first-order valence-corrected chi connectivity index (χ1v) is 33.1. The van der Waals surface area contributed by atoms with Crippen molar-refractivity contribution in [2.24, 2.45) is 0 Å². The first kappa shape index (κ1) is 50.6. The van der Waals surface area contributed by atoms with E-state index in [4.69, 9.17) is 0 Å². The van der Waals surface area contributed by atoms with E-state index in [0.717, 1.165) is 25.7 Å². The fourth-order valence-corrected chi connectivity index (χ4v) is 22.4. The second kappa shape index (κ2) is 24.4. The molecule has 0 saturated carbocycles. The van der Waals surface area contributed by atoms with Gasteiger partial charge in [-0.15, -0.1) is 68.0 Å². The van der Waals surface area contributed by atoms with E-state index in [2.05, 4.69) is 164 Å². The van der Waals surface area contributed by atoms with Gasteiger partial charge in [0.15, 0.2) is 0 Å². The second-order valence-corrected chi connectivity index (χ2v) is 31.9. The number of rotatable bonds is 20. The van der Waals surface area contributed by atoms with Gasteiger partial charge in [-0.25, -0.2) is 0 Å². The van der Waals surface area contributed by atoms with E-state index in [0.29, 0.717) is 0 Å². The van der Waals surface area contributed by atoms with Crippen molar-refractivity contribution in [3.63, 3.8) is 0 Å². The Balaban J connectivity index is 1.12. The number of fused-ring (bicyclic) bond motifs is 2. The number of thioether (sulfide) groups is 4. The Labute approximate surface area is 455 Å². The predicted octanol–water partition coefficient (Wildman–Crippen LogP) is 23.4. The summed E-state index contributed by atoms with van der Waals surface area (Å²) in [7, 11) is 0. The molecule has 0 aromatic carbocycles. The standard InChI is InChI=1S/C50H48Br4S10/c1-5-9-13-29-25-33(55-45(29)51)17-21-37-41-42(38(59-37)22-18-34-26-30(14-10-6-2)46(52)56-34)62-49(61-41)50-63-43-39(23-19-35-27-31(15-11-7-3)47(53)57-35)60-40(44(43)64-50)24-20-36-28-32(16-12-8-4)48(54)58-36/h17-28H,5-16H2,1-4H3/b21-17+,22-18+,23-19+,24-20+. The highest BCUT2D eigenvalue weighted by Gasteiger charge is 2.34. The van der Waals surface area contributed by atoms with Crippen LogP contribution in [0.4, 0.5) is 0 Å². The summed E-state index contributed by atoms with van der Waals surface area (Å²) in [6, 6.07) is 9.51. The maximum Gasteiger partial charge on any atom is 0.0736 e. The van der Waals surface area contributed by atoms with Crippen molar-refractivity contribution in [2.75, 3.05) is 0 Å². The largest absolute Gasteiger partial charge is 0.134 e. The maximum atomic E-state index is 3.87. The van der Waals surface area contributed by atoms with Gasteiger partial charge < -0.3 is 0 Å². The fourth-order valence-electron chi connectivity index (χ4n) is 7.09. The van der Waals surface area contributed by atoms with Crippen LogP contribution in [0.15, 0.2) is 67.5 Å². The van der Waals surface area contributed by atoms with Crippen LogP contribution in [0, 0.1) is 0 Å². The molecule has 336 valence electrons. The number of thiophene rings is 6. The zero-order valence-corrected chi connectivity index (χ0v) is 50.5. The normalized spacial score (nSPS) is 14.1. The summed E-state index contributed by atoms with van der Waals surface area (Å²) in [5.41, 5.74) is 5.70. The molecule has 0 atom stereocenters. The molecule has 64 heavy (non-hydrogen) atoms. The lowest BCUT2D eigenvalue weighted by Crippen LogP contribution is -1.80. The summed E-state index contributed by atoms with van der Waals surface area (Å²) >= 11 is 34.6. The van der Waals surface area contributed by atoms with E-state index in [1.54, 1.807) is 0 Å². The van der Waals surface area contributed by atoms with E-state index in [9.17, 15) is 0 Å². The third-order valence-corrected chi connectivity index (χ3v) is 26.9. The van der Waals surface area contributed by atoms with Crippen molar-refractivity contribution >= 4 is 227 Å². The Hall–Kier alpha value is 0.220. The van der Waals surface area contributed by atoms with Crippen molar-refractivity contribution < 1.29 is 0 Å². The van der Waals surface area contributed by atoms with Crippen LogP contribution in [0.25, 0.3) is 48.6 Å². The van der Waals surface area contributed by atoms with Gasteiger partial charge in [0.2, 0.25) is 0 Å². The lowest BCUT2D eigenvalue weighted by Gasteiger charge is -2.02. The van der Waals surface area contributed by atoms with E-state index in [1.165, 1.54) is 156 Å². The van der Waals surface area contributed by atoms with Crippen molar-refractivity contribution in [1.82, 2.24) is 0 Å². The quantitative estimate of drug-likeness (QED) is 0.0747. The molecular formula is C50H48Br4S10. The minimum Gasteiger partial charge on any atom is -0.134 e. The van der Waals surface area contributed by atoms with Gasteiger partial charge in [0.1, 0.15) is 0 Å². The molecule has 0 fully saturated rings. The van der Waals surface area contributed by atoms with Gasteiger partial charge in [-0.2, -0.15) is 0 Å². The highest BCUT2D eigenvalue weighted by atomic mass is 79.9. The summed E-state index contributed by atoms with van der Waals surface area (Å²) in [5.74, 6) is 0. The van der Waals surface area contributed by atoms with Crippen LogP contribution in [0.5, 0.6) is 0 Å². The Bertz CT molecular complexity index is 2380. The van der Waals surface area contributed by atoms with Crippen molar-refractivity contribution in [3.8, 4) is 0 Å². The molecule has 2 aliphatic rings. The van der Waals surface area contributed by atoms with Gasteiger partial charge in [-0.1, -0.05) is 100 Å². The Kier molecular flexibility index (Phi) is 19.3. The maximum absolute atomic E-state index is 3.87. The Morgan fingerprint density at radius 3 is 0.797 bits per heavy atom. The SMILES string of the molecule is CCCCc1cc(/C=C/c2sc(/C=C/c3cc(CCCC)c(Br)s3)c3c2SC(=C2Sc4c(/C=C/c5cc(CCCC)c(Br)s5)sc(/C=C/c5cc(CCCC)c(Br)s5)c4S2)S3)sc1Br. The van der Waals surface area contributed by atoms with Crippen molar-refractivity contribution in [2.45, 2.75) is 124 Å². The van der Waals surface area contributed by atoms with Gasteiger partial charge in [0.25, 0.3) is 0 Å². The van der Waals surface area contributed by atoms with Crippen LogP contribution in [-0.4, -0.2) is 0 Å². The van der Waals surface area contributed by atoms with Gasteiger partial charge in [-0.05, 0) is 210 Å². The number of hydrogen-bond acceptors (Lipinski definition) is 10. The van der Waals surface area contributed by atoms with Crippen LogP contribution in [-0.2, 0) is 25.7 Å². The van der Waals surface area contributed by atoms with E-state index < -0.39 is 0 Å². The molecule has 0 saturated heterocycles. The predicted molar refractivity (Wildman–Crippen MR) is 317 cm³/mol. The molecule has 14 heteroatoms. The molecule has 0 nitrogen and oxygen atoms in total. The zero-order valence-electron chi connectivity index (χ0n) is 36.0. The topological polar surface area (TPSA) is 0 Å². The van der Waals surface area contributed by atoms with Crippen LogP contribution in [0.2, 0.25) is 0 Å². The minimum atomic E-state index is 1.13. The molecule has 6 aromatic rings. The molecule has 0 N–H and O–H groups in total. The second-order valence-electron chi connectivity index (χ2n) is 15.5. The average Bonchev–Trinajstić information content (AvgIpc) is 4.16. The van der Waals surface area contributed by atoms with Gasteiger partial charge in [-0.3, -0.25) is 0 Å². The van der Waals surface area contributed by atoms with E-state index >= 15 is 0 Å². The van der Waals surface area contributed by atoms with Crippen LogP contribution >= 0.6 is 179 Å². The minimum absolute atomic E-state index is 1.13. The summed E-state index contributed by atoms with van der Waals surface area (Å²) in [6.07, 6.45) is 33.1. The van der Waals surface area contributed by atoms with Crippen LogP contribution < -0.4 is 0 Å². The smallest absolute Gasteiger partial charge is 0.0736 e. The molecule has 2 aliphatic heterocycles. The molecule has 0 bridgehead atoms. The third kappa shape index (κ3) is 12.6. The van der Waals surface area contributed by atoms with E-state index in [-0.39, 0.29) is 0 Å². The highest BCUT2D eigenvalue weighted by molar-refractivity contribution is 9.11. The molecule has 0 spiro atoms. The molecule has 8 rings (SSSR count). The lowest BCUT2D eigenvalue weighted by atomic mass is 10.1. The fraction of sp³-hybridized carbons (Fsp3) is 0.320. The summed E-state index contributed by atoms with van der Waals surface area (Å²) in [4.78, 5) is 16.2. The number of unbranched alkanes of at least 4 members (excludes halogenated alkanes) is 4. The molecule has 0 radical (unpaired) electrons. The third-order valence-electron chi connectivity index (χ3n) is 10.6. The lowest BCUT2D eigenvalue weighted by molar-refractivity contribution is 0.795. The van der Waals surface area contributed by atoms with Crippen LogP contribution in [0.3, 0.4) is 0 Å². The molecule has 0 aliphatic carbocycles. The number of hydrogen-bond donors (Lipinski definition) is 0. The number of aryl methyl sites for hydroxylation is 4. The first-order chi connectivity index (χ1) is 31.1. The summed E-state index contributed by atoms with van der Waals surface area (Å²) in [6.45, 7) is 9.07. The zero-order chi connectivity index (χ0) is 44.7. The Morgan fingerprint density at radius 2 is 0.578 bits per heavy atom. The molecule has 6 aromatic heterocycles. The van der Waals surface area contributed by atoms with E-state index in [1.807, 2.05) is 115 Å². The van der Waals surface area contributed by atoms with Crippen molar-refractivity contribution in [3.05, 3.63) is 109 Å². The number of halogens is 4. The highest BCUT2D eigenvalue weighted by Crippen LogP contribution is 2.66. The van der Waals surface area contributed by atoms with Crippen LogP contribution in [0.1, 0.15) is 140 Å². The molecule has 0 amide bonds. The van der Waals surface area contributed by atoms with Gasteiger partial charge in [0.05, 0.1) is 23.6 Å². The summed E-state index contributed by atoms with van der Waals surface area (Å²) < 4.78 is 7.87. The molecule has 8 heterocycles. The monoisotopic (exact) mass is 1280 g/mol. The van der Waals surface area contributed by atoms with Gasteiger partial charge >= 0.3 is 0 Å². The summed E-state index contributed by atoms with van der Waals surface area (Å²) in [5, 5.41) is 0.